The maximum Gasteiger partial charge on any atom is 0.315 e. The molecule has 0 aliphatic carbocycles. The summed E-state index contributed by atoms with van der Waals surface area (Å²) in [7, 11) is 1.70. The topological polar surface area (TPSA) is 46.6 Å². The number of esters is 1. The van der Waals surface area contributed by atoms with Crippen LogP contribution >= 0.6 is 0 Å². The molecule has 0 saturated carbocycles. The van der Waals surface area contributed by atoms with Crippen LogP contribution in [0, 0.1) is 13.8 Å². The fraction of sp³-hybridized carbons (Fsp3) is 0.467. The third-order valence-electron chi connectivity index (χ3n) is 2.94. The first-order chi connectivity index (χ1) is 8.93. The summed E-state index contributed by atoms with van der Waals surface area (Å²) >= 11 is 0. The minimum absolute atomic E-state index is 0.199. The lowest BCUT2D eigenvalue weighted by molar-refractivity contribution is -0.148. The summed E-state index contributed by atoms with van der Waals surface area (Å²) in [6.45, 7) is 6.56. The predicted octanol–water partition coefficient (Wildman–Crippen LogP) is 2.22. The lowest BCUT2D eigenvalue weighted by atomic mass is 10.1. The summed E-state index contributed by atoms with van der Waals surface area (Å²) in [5, 5.41) is 0. The number of aryl methyl sites for hydroxylation is 2. The molecule has 1 aromatic rings. The van der Waals surface area contributed by atoms with Gasteiger partial charge in [-0.1, -0.05) is 23.8 Å². The Morgan fingerprint density at radius 2 is 1.95 bits per heavy atom. The number of nitrogens with zero attached hydrogens (tertiary/aromatic N) is 1. The van der Waals surface area contributed by atoms with Crippen molar-refractivity contribution in [1.29, 1.82) is 0 Å². The first kappa shape index (κ1) is 15.2. The van der Waals surface area contributed by atoms with Crippen molar-refractivity contribution in [2.75, 3.05) is 13.7 Å². The summed E-state index contributed by atoms with van der Waals surface area (Å²) in [4.78, 5) is 24.7. The summed E-state index contributed by atoms with van der Waals surface area (Å²) in [6.07, 6.45) is -0.199. The molecule has 0 fully saturated rings. The van der Waals surface area contributed by atoms with Crippen molar-refractivity contribution in [2.45, 2.75) is 33.7 Å². The van der Waals surface area contributed by atoms with Crippen LogP contribution in [0.4, 0.5) is 0 Å². The van der Waals surface area contributed by atoms with Gasteiger partial charge in [-0.3, -0.25) is 9.59 Å². The molecule has 4 heteroatoms. The molecule has 0 N–H and O–H groups in total. The molecule has 0 aromatic heterocycles. The van der Waals surface area contributed by atoms with Crippen LogP contribution in [0.25, 0.3) is 0 Å². The fourth-order valence-electron chi connectivity index (χ4n) is 1.78. The van der Waals surface area contributed by atoms with Crippen LogP contribution in [-0.2, 0) is 20.9 Å². The van der Waals surface area contributed by atoms with E-state index in [0.29, 0.717) is 13.2 Å². The molecular weight excluding hydrogens is 242 g/mol. The maximum absolute atomic E-state index is 11.9. The number of carbonyl (C=O) groups excluding carboxylic acids is 2. The van der Waals surface area contributed by atoms with Gasteiger partial charge in [0.2, 0.25) is 5.91 Å². The molecule has 1 aromatic carbocycles. The number of carbonyl (C=O) groups is 2. The highest BCUT2D eigenvalue weighted by atomic mass is 16.5. The highest BCUT2D eigenvalue weighted by Crippen LogP contribution is 2.13. The van der Waals surface area contributed by atoms with Gasteiger partial charge in [-0.25, -0.2) is 0 Å². The van der Waals surface area contributed by atoms with E-state index in [0.717, 1.165) is 16.7 Å². The summed E-state index contributed by atoms with van der Waals surface area (Å²) in [6, 6.07) is 6.14. The minimum Gasteiger partial charge on any atom is -0.466 e. The Kier molecular flexibility index (Phi) is 5.55. The Morgan fingerprint density at radius 3 is 2.58 bits per heavy atom. The summed E-state index contributed by atoms with van der Waals surface area (Å²) < 4.78 is 4.77. The number of benzene rings is 1. The molecule has 0 saturated heterocycles. The number of ether oxygens (including phenoxy) is 1. The largest absolute Gasteiger partial charge is 0.466 e. The smallest absolute Gasteiger partial charge is 0.315 e. The fourth-order valence-corrected chi connectivity index (χ4v) is 1.78. The summed E-state index contributed by atoms with van der Waals surface area (Å²) in [5.41, 5.74) is 3.40. The van der Waals surface area contributed by atoms with Gasteiger partial charge in [-0.15, -0.1) is 0 Å². The van der Waals surface area contributed by atoms with E-state index in [9.17, 15) is 9.59 Å². The van der Waals surface area contributed by atoms with Crippen molar-refractivity contribution in [3.05, 3.63) is 34.9 Å². The zero-order valence-electron chi connectivity index (χ0n) is 12.0. The Bertz CT molecular complexity index is 468. The van der Waals surface area contributed by atoms with Crippen molar-refractivity contribution < 1.29 is 14.3 Å². The lowest BCUT2D eigenvalue weighted by Crippen LogP contribution is -2.29. The molecule has 0 unspecified atom stereocenters. The molecule has 0 bridgehead atoms. The van der Waals surface area contributed by atoms with Crippen molar-refractivity contribution in [2.24, 2.45) is 0 Å². The Hall–Kier alpha value is -1.84. The second-order valence-electron chi connectivity index (χ2n) is 4.66. The number of rotatable bonds is 5. The molecule has 1 rings (SSSR count). The van der Waals surface area contributed by atoms with E-state index in [-0.39, 0.29) is 12.3 Å². The van der Waals surface area contributed by atoms with Crippen molar-refractivity contribution >= 4 is 11.9 Å². The standard InChI is InChI=1S/C15H21NO3/c1-5-19-15(18)9-14(17)16(4)10-13-8-11(2)6-7-12(13)3/h6-8H,5,9-10H2,1-4H3. The van der Waals surface area contributed by atoms with E-state index in [2.05, 4.69) is 6.07 Å². The molecule has 104 valence electrons. The number of hydrogen-bond donors (Lipinski definition) is 0. The Labute approximate surface area is 114 Å². The van der Waals surface area contributed by atoms with Gasteiger partial charge in [0, 0.05) is 13.6 Å². The van der Waals surface area contributed by atoms with Gasteiger partial charge in [0.15, 0.2) is 0 Å². The molecule has 19 heavy (non-hydrogen) atoms. The number of amides is 1. The maximum atomic E-state index is 11.9. The molecule has 0 aliphatic heterocycles. The van der Waals surface area contributed by atoms with Gasteiger partial charge in [-0.2, -0.15) is 0 Å². The Balaban J connectivity index is 2.63. The van der Waals surface area contributed by atoms with Gasteiger partial charge in [0.1, 0.15) is 6.42 Å². The van der Waals surface area contributed by atoms with Crippen LogP contribution in [0.1, 0.15) is 30.0 Å². The molecule has 0 heterocycles. The highest BCUT2D eigenvalue weighted by molar-refractivity contribution is 5.94. The van der Waals surface area contributed by atoms with Gasteiger partial charge in [-0.05, 0) is 31.9 Å². The normalized spacial score (nSPS) is 10.1. The molecule has 0 aliphatic rings. The first-order valence-electron chi connectivity index (χ1n) is 6.39. The number of hydrogen-bond acceptors (Lipinski definition) is 3. The van der Waals surface area contributed by atoms with Gasteiger partial charge in [0.25, 0.3) is 0 Å². The van der Waals surface area contributed by atoms with E-state index in [1.165, 1.54) is 0 Å². The van der Waals surface area contributed by atoms with Crippen molar-refractivity contribution in [3.8, 4) is 0 Å². The average molecular weight is 263 g/mol. The van der Waals surface area contributed by atoms with E-state index in [4.69, 9.17) is 4.74 Å². The van der Waals surface area contributed by atoms with Gasteiger partial charge < -0.3 is 9.64 Å². The minimum atomic E-state index is -0.472. The molecule has 0 radical (unpaired) electrons. The molecule has 1 amide bonds. The lowest BCUT2D eigenvalue weighted by Gasteiger charge is -2.18. The second kappa shape index (κ2) is 6.92. The van der Waals surface area contributed by atoms with E-state index in [1.807, 2.05) is 26.0 Å². The van der Waals surface area contributed by atoms with Crippen LogP contribution in [-0.4, -0.2) is 30.4 Å². The zero-order chi connectivity index (χ0) is 14.4. The molecular formula is C15H21NO3. The quantitative estimate of drug-likeness (QED) is 0.604. The van der Waals surface area contributed by atoms with Crippen LogP contribution in [0.3, 0.4) is 0 Å². The van der Waals surface area contributed by atoms with Crippen LogP contribution in [0.2, 0.25) is 0 Å². The third kappa shape index (κ3) is 4.73. The van der Waals surface area contributed by atoms with E-state index >= 15 is 0 Å². The highest BCUT2D eigenvalue weighted by Gasteiger charge is 2.15. The molecule has 0 atom stereocenters. The first-order valence-corrected chi connectivity index (χ1v) is 6.39. The Morgan fingerprint density at radius 1 is 1.26 bits per heavy atom. The van der Waals surface area contributed by atoms with Gasteiger partial charge in [0.05, 0.1) is 6.61 Å². The predicted molar refractivity (Wildman–Crippen MR) is 73.6 cm³/mol. The molecule has 0 spiro atoms. The van der Waals surface area contributed by atoms with Crippen molar-refractivity contribution in [3.63, 3.8) is 0 Å². The van der Waals surface area contributed by atoms with Crippen LogP contribution in [0.15, 0.2) is 18.2 Å². The zero-order valence-corrected chi connectivity index (χ0v) is 12.0. The average Bonchev–Trinajstić information content (AvgIpc) is 2.34. The van der Waals surface area contributed by atoms with Crippen LogP contribution in [0.5, 0.6) is 0 Å². The second-order valence-corrected chi connectivity index (χ2v) is 4.66. The molecule has 4 nitrogen and oxygen atoms in total. The monoisotopic (exact) mass is 263 g/mol. The third-order valence-corrected chi connectivity index (χ3v) is 2.94. The van der Waals surface area contributed by atoms with Crippen LogP contribution < -0.4 is 0 Å². The van der Waals surface area contributed by atoms with E-state index < -0.39 is 5.97 Å². The van der Waals surface area contributed by atoms with Gasteiger partial charge >= 0.3 is 5.97 Å². The SMILES string of the molecule is CCOC(=O)CC(=O)N(C)Cc1cc(C)ccc1C. The van der Waals surface area contributed by atoms with E-state index in [1.54, 1.807) is 18.9 Å². The van der Waals surface area contributed by atoms with Crippen molar-refractivity contribution in [1.82, 2.24) is 4.90 Å². The summed E-state index contributed by atoms with van der Waals surface area (Å²) in [5.74, 6) is -0.695.